The largest absolute Gasteiger partial charge is 0.298 e. The van der Waals surface area contributed by atoms with E-state index in [4.69, 9.17) is 0 Å². The van der Waals surface area contributed by atoms with Crippen molar-refractivity contribution in [1.29, 1.82) is 0 Å². The maximum absolute atomic E-state index is 2.66. The van der Waals surface area contributed by atoms with Crippen molar-refractivity contribution in [2.75, 3.05) is 13.1 Å². The zero-order chi connectivity index (χ0) is 11.6. The Bertz CT molecular complexity index is 254. The van der Waals surface area contributed by atoms with Gasteiger partial charge in [-0.05, 0) is 43.4 Å². The molecule has 2 unspecified atom stereocenters. The first-order chi connectivity index (χ1) is 6.58. The van der Waals surface area contributed by atoms with Crippen molar-refractivity contribution in [3.05, 3.63) is 0 Å². The summed E-state index contributed by atoms with van der Waals surface area (Å²) in [4.78, 5) is 2.66. The fourth-order valence-corrected chi connectivity index (χ4v) is 3.54. The molecule has 2 rings (SSSR count). The zero-order valence-electron chi connectivity index (χ0n) is 11.5. The third-order valence-corrected chi connectivity index (χ3v) is 5.32. The summed E-state index contributed by atoms with van der Waals surface area (Å²) < 4.78 is 0. The molecule has 1 aliphatic heterocycles. The molecule has 1 heterocycles. The van der Waals surface area contributed by atoms with E-state index in [1.807, 2.05) is 0 Å². The van der Waals surface area contributed by atoms with E-state index in [1.54, 1.807) is 0 Å². The molecule has 0 amide bonds. The fourth-order valence-electron chi connectivity index (χ4n) is 3.54. The molecule has 1 saturated heterocycles. The highest BCUT2D eigenvalue weighted by Gasteiger charge is 2.69. The van der Waals surface area contributed by atoms with Crippen molar-refractivity contribution in [3.63, 3.8) is 0 Å². The van der Waals surface area contributed by atoms with Gasteiger partial charge in [-0.15, -0.1) is 0 Å². The van der Waals surface area contributed by atoms with E-state index in [1.165, 1.54) is 13.1 Å². The second-order valence-corrected chi connectivity index (χ2v) is 7.82. The Kier molecular flexibility index (Phi) is 2.13. The predicted molar refractivity (Wildman–Crippen MR) is 65.9 cm³/mol. The molecule has 0 aromatic carbocycles. The number of piperidine rings is 1. The van der Waals surface area contributed by atoms with Crippen molar-refractivity contribution in [2.24, 2.45) is 22.7 Å². The second-order valence-electron chi connectivity index (χ2n) is 7.82. The van der Waals surface area contributed by atoms with E-state index in [-0.39, 0.29) is 0 Å². The first-order valence-corrected chi connectivity index (χ1v) is 6.33. The van der Waals surface area contributed by atoms with Crippen molar-refractivity contribution < 1.29 is 0 Å². The minimum absolute atomic E-state index is 0.367. The van der Waals surface area contributed by atoms with Crippen molar-refractivity contribution in [2.45, 2.75) is 54.0 Å². The quantitative estimate of drug-likeness (QED) is 0.591. The summed E-state index contributed by atoms with van der Waals surface area (Å²) >= 11 is 0. The molecule has 2 aliphatic rings. The SMILES string of the molecule is CC(C)(C)N1CC2C(C1)C2(C)C(C)(C)C. The van der Waals surface area contributed by atoms with Gasteiger partial charge in [-0.1, -0.05) is 27.7 Å². The standard InChI is InChI=1S/C14H27N/c1-12(2,3)14(7)10-8-15(9-11(10)14)13(4,5)6/h10-11H,8-9H2,1-7H3. The zero-order valence-corrected chi connectivity index (χ0v) is 11.5. The van der Waals surface area contributed by atoms with Gasteiger partial charge >= 0.3 is 0 Å². The third kappa shape index (κ3) is 1.46. The molecule has 1 nitrogen and oxygen atoms in total. The minimum Gasteiger partial charge on any atom is -0.298 e. The van der Waals surface area contributed by atoms with Crippen LogP contribution in [0, 0.1) is 22.7 Å². The average Bonchev–Trinajstić information content (AvgIpc) is 2.41. The number of fused-ring (bicyclic) bond motifs is 1. The normalized spacial score (nSPS) is 41.8. The molecule has 0 radical (unpaired) electrons. The van der Waals surface area contributed by atoms with Gasteiger partial charge in [-0.25, -0.2) is 0 Å². The highest BCUT2D eigenvalue weighted by atomic mass is 15.2. The average molecular weight is 209 g/mol. The summed E-state index contributed by atoms with van der Waals surface area (Å²) in [7, 11) is 0. The van der Waals surface area contributed by atoms with E-state index in [0.29, 0.717) is 16.4 Å². The van der Waals surface area contributed by atoms with Crippen LogP contribution in [0.5, 0.6) is 0 Å². The molecule has 1 saturated carbocycles. The summed E-state index contributed by atoms with van der Waals surface area (Å²) in [5.74, 6) is 1.91. The molecule has 0 aromatic rings. The molecule has 15 heavy (non-hydrogen) atoms. The second kappa shape index (κ2) is 2.80. The number of rotatable bonds is 0. The lowest BCUT2D eigenvalue weighted by Crippen LogP contribution is -2.43. The van der Waals surface area contributed by atoms with Crippen molar-refractivity contribution >= 4 is 0 Å². The lowest BCUT2D eigenvalue weighted by atomic mass is 9.75. The van der Waals surface area contributed by atoms with Crippen LogP contribution in [-0.4, -0.2) is 23.5 Å². The maximum atomic E-state index is 2.66. The number of likely N-dealkylation sites (tertiary alicyclic amines) is 1. The van der Waals surface area contributed by atoms with Gasteiger partial charge in [0.15, 0.2) is 0 Å². The van der Waals surface area contributed by atoms with E-state index in [0.717, 1.165) is 11.8 Å². The summed E-state index contributed by atoms with van der Waals surface area (Å²) in [6.07, 6.45) is 0. The van der Waals surface area contributed by atoms with Gasteiger partial charge in [0.25, 0.3) is 0 Å². The van der Waals surface area contributed by atoms with E-state index in [2.05, 4.69) is 53.4 Å². The van der Waals surface area contributed by atoms with Crippen molar-refractivity contribution in [3.8, 4) is 0 Å². The highest BCUT2D eigenvalue weighted by Crippen LogP contribution is 2.70. The monoisotopic (exact) mass is 209 g/mol. The molecule has 1 aliphatic carbocycles. The van der Waals surface area contributed by atoms with E-state index >= 15 is 0 Å². The Morgan fingerprint density at radius 2 is 1.33 bits per heavy atom. The van der Waals surface area contributed by atoms with Crippen LogP contribution in [0.25, 0.3) is 0 Å². The molecule has 2 atom stereocenters. The van der Waals surface area contributed by atoms with Gasteiger partial charge in [-0.3, -0.25) is 4.90 Å². The van der Waals surface area contributed by atoms with Crippen LogP contribution in [-0.2, 0) is 0 Å². The molecule has 1 heteroatoms. The number of hydrogen-bond donors (Lipinski definition) is 0. The van der Waals surface area contributed by atoms with Crippen LogP contribution in [0.4, 0.5) is 0 Å². The summed E-state index contributed by atoms with van der Waals surface area (Å²) in [5.41, 5.74) is 1.45. The molecule has 0 N–H and O–H groups in total. The third-order valence-electron chi connectivity index (χ3n) is 5.32. The van der Waals surface area contributed by atoms with Crippen LogP contribution in [0.1, 0.15) is 48.5 Å². The van der Waals surface area contributed by atoms with Gasteiger partial charge in [0.2, 0.25) is 0 Å². The molecular weight excluding hydrogens is 182 g/mol. The van der Waals surface area contributed by atoms with Gasteiger partial charge in [0.05, 0.1) is 0 Å². The van der Waals surface area contributed by atoms with E-state index in [9.17, 15) is 0 Å². The van der Waals surface area contributed by atoms with Crippen LogP contribution >= 0.6 is 0 Å². The topological polar surface area (TPSA) is 3.24 Å². The Hall–Kier alpha value is -0.0400. The van der Waals surface area contributed by atoms with Gasteiger partial charge in [0, 0.05) is 18.6 Å². The Labute approximate surface area is 95.2 Å². The van der Waals surface area contributed by atoms with E-state index < -0.39 is 0 Å². The van der Waals surface area contributed by atoms with Gasteiger partial charge in [0.1, 0.15) is 0 Å². The smallest absolute Gasteiger partial charge is 0.0125 e. The number of hydrogen-bond acceptors (Lipinski definition) is 1. The molecule has 88 valence electrons. The van der Waals surface area contributed by atoms with Crippen LogP contribution in [0.2, 0.25) is 0 Å². The Balaban J connectivity index is 2.05. The minimum atomic E-state index is 0.367. The molecule has 2 fully saturated rings. The highest BCUT2D eigenvalue weighted by molar-refractivity contribution is 5.18. The molecule has 0 bridgehead atoms. The maximum Gasteiger partial charge on any atom is 0.0125 e. The molecule has 0 aromatic heterocycles. The Morgan fingerprint density at radius 3 is 1.60 bits per heavy atom. The molecule has 0 spiro atoms. The lowest BCUT2D eigenvalue weighted by Gasteiger charge is -2.39. The van der Waals surface area contributed by atoms with Crippen LogP contribution in [0.15, 0.2) is 0 Å². The first-order valence-electron chi connectivity index (χ1n) is 6.33. The predicted octanol–water partition coefficient (Wildman–Crippen LogP) is 3.40. The molecular formula is C14H27N. The summed E-state index contributed by atoms with van der Waals surface area (Å²) in [5, 5.41) is 0. The van der Waals surface area contributed by atoms with Crippen LogP contribution in [0.3, 0.4) is 0 Å². The first kappa shape index (κ1) is 11.4. The van der Waals surface area contributed by atoms with Crippen molar-refractivity contribution in [1.82, 2.24) is 4.90 Å². The summed E-state index contributed by atoms with van der Waals surface area (Å²) in [6, 6.07) is 0. The van der Waals surface area contributed by atoms with Gasteiger partial charge < -0.3 is 0 Å². The Morgan fingerprint density at radius 1 is 0.933 bits per heavy atom. The van der Waals surface area contributed by atoms with Gasteiger partial charge in [-0.2, -0.15) is 0 Å². The summed E-state index contributed by atoms with van der Waals surface area (Å²) in [6.45, 7) is 19.4. The number of nitrogens with zero attached hydrogens (tertiary/aromatic N) is 1. The fraction of sp³-hybridized carbons (Fsp3) is 1.00. The lowest BCUT2D eigenvalue weighted by molar-refractivity contribution is 0.0918. The van der Waals surface area contributed by atoms with Crippen LogP contribution < -0.4 is 0 Å².